The van der Waals surface area contributed by atoms with Crippen molar-refractivity contribution in [2.75, 3.05) is 18.1 Å². The topological polar surface area (TPSA) is 54.3 Å². The number of Topliss-reactive ketones (excluding diaryl/α,β-unsaturated/α-hetero) is 1. The summed E-state index contributed by atoms with van der Waals surface area (Å²) >= 11 is 7.51. The fraction of sp³-hybridized carbons (Fsp3) is 0.167. The number of aromatic nitrogens is 3. The Kier molecular flexibility index (Phi) is 4.92. The molecule has 0 atom stereocenters. The highest BCUT2D eigenvalue weighted by atomic mass is 35.5. The molecule has 3 heterocycles. The number of ketones is 1. The zero-order valence-corrected chi connectivity index (χ0v) is 15.4. The van der Waals surface area contributed by atoms with Crippen LogP contribution in [0.5, 0.6) is 0 Å². The highest BCUT2D eigenvalue weighted by Gasteiger charge is 2.29. The molecule has 0 radical (unpaired) electrons. The van der Waals surface area contributed by atoms with Crippen LogP contribution in [0.1, 0.15) is 10.4 Å². The van der Waals surface area contributed by atoms with Gasteiger partial charge in [-0.2, -0.15) is 0 Å². The molecule has 2 aromatic heterocycles. The highest BCUT2D eigenvalue weighted by Crippen LogP contribution is 2.33. The van der Waals surface area contributed by atoms with E-state index in [4.69, 9.17) is 11.6 Å². The molecule has 0 bridgehead atoms. The SMILES string of the molecule is O=C1CN(N(CCn2ccnc2)c2ccc(Cl)cc2)Sc2ncccc21. The van der Waals surface area contributed by atoms with Crippen molar-refractivity contribution in [3.63, 3.8) is 0 Å². The van der Waals surface area contributed by atoms with E-state index in [9.17, 15) is 4.79 Å². The minimum atomic E-state index is 0.0634. The van der Waals surface area contributed by atoms with E-state index in [0.29, 0.717) is 17.1 Å². The van der Waals surface area contributed by atoms with Crippen LogP contribution in [0.3, 0.4) is 0 Å². The van der Waals surface area contributed by atoms with E-state index >= 15 is 0 Å². The van der Waals surface area contributed by atoms with Gasteiger partial charge in [-0.3, -0.25) is 9.80 Å². The molecule has 0 aliphatic carbocycles. The average molecular weight is 386 g/mol. The minimum absolute atomic E-state index is 0.0634. The quantitative estimate of drug-likeness (QED) is 0.626. The van der Waals surface area contributed by atoms with Crippen molar-refractivity contribution in [1.82, 2.24) is 18.9 Å². The van der Waals surface area contributed by atoms with Crippen molar-refractivity contribution in [3.8, 4) is 0 Å². The zero-order chi connectivity index (χ0) is 17.9. The Labute approximate surface area is 160 Å². The second-order valence-electron chi connectivity index (χ2n) is 5.78. The first-order valence-electron chi connectivity index (χ1n) is 8.13. The Morgan fingerprint density at radius 3 is 2.81 bits per heavy atom. The van der Waals surface area contributed by atoms with Gasteiger partial charge in [-0.05, 0) is 36.4 Å². The summed E-state index contributed by atoms with van der Waals surface area (Å²) in [5.74, 6) is 0.0634. The number of nitrogens with zero attached hydrogens (tertiary/aromatic N) is 5. The van der Waals surface area contributed by atoms with E-state index < -0.39 is 0 Å². The van der Waals surface area contributed by atoms with Gasteiger partial charge in [0.25, 0.3) is 0 Å². The number of carbonyl (C=O) groups excluding carboxylic acids is 1. The first-order valence-corrected chi connectivity index (χ1v) is 9.28. The Hall–Kier alpha value is -2.35. The molecular formula is C18H16ClN5OS. The molecule has 0 fully saturated rings. The number of imidazole rings is 1. The Morgan fingerprint density at radius 2 is 2.04 bits per heavy atom. The molecule has 1 aliphatic heterocycles. The third kappa shape index (κ3) is 3.60. The largest absolute Gasteiger partial charge is 0.336 e. The van der Waals surface area contributed by atoms with Crippen LogP contribution >= 0.6 is 23.5 Å². The van der Waals surface area contributed by atoms with E-state index in [1.54, 1.807) is 24.8 Å². The fourth-order valence-electron chi connectivity index (χ4n) is 2.76. The smallest absolute Gasteiger partial charge is 0.182 e. The van der Waals surface area contributed by atoms with E-state index in [2.05, 4.69) is 15.0 Å². The van der Waals surface area contributed by atoms with Crippen molar-refractivity contribution < 1.29 is 4.79 Å². The molecular weight excluding hydrogens is 370 g/mol. The van der Waals surface area contributed by atoms with Gasteiger partial charge in [0.1, 0.15) is 5.03 Å². The van der Waals surface area contributed by atoms with Crippen LogP contribution in [0.25, 0.3) is 0 Å². The molecule has 6 nitrogen and oxygen atoms in total. The third-order valence-corrected chi connectivity index (χ3v) is 5.35. The number of anilines is 1. The number of carbonyl (C=O) groups is 1. The zero-order valence-electron chi connectivity index (χ0n) is 13.8. The van der Waals surface area contributed by atoms with Crippen LogP contribution in [0.2, 0.25) is 5.02 Å². The normalized spacial score (nSPS) is 14.3. The van der Waals surface area contributed by atoms with Gasteiger partial charge >= 0.3 is 0 Å². The van der Waals surface area contributed by atoms with Crippen LogP contribution < -0.4 is 5.01 Å². The van der Waals surface area contributed by atoms with Gasteiger partial charge in [0.05, 0.1) is 30.7 Å². The summed E-state index contributed by atoms with van der Waals surface area (Å²) < 4.78 is 3.96. The van der Waals surface area contributed by atoms with E-state index in [-0.39, 0.29) is 12.3 Å². The number of hydrazine groups is 1. The van der Waals surface area contributed by atoms with Gasteiger partial charge in [-0.25, -0.2) is 9.97 Å². The lowest BCUT2D eigenvalue weighted by atomic mass is 10.2. The van der Waals surface area contributed by atoms with Gasteiger partial charge in [0.2, 0.25) is 0 Å². The van der Waals surface area contributed by atoms with E-state index in [1.165, 1.54) is 11.9 Å². The summed E-state index contributed by atoms with van der Waals surface area (Å²) in [6.45, 7) is 1.71. The molecule has 3 aromatic rings. The lowest BCUT2D eigenvalue weighted by Gasteiger charge is -2.37. The number of hydrogen-bond donors (Lipinski definition) is 0. The predicted molar refractivity (Wildman–Crippen MR) is 102 cm³/mol. The average Bonchev–Trinajstić information content (AvgIpc) is 3.17. The lowest BCUT2D eigenvalue weighted by molar-refractivity contribution is 0.0957. The number of pyridine rings is 1. The second kappa shape index (κ2) is 7.49. The maximum Gasteiger partial charge on any atom is 0.182 e. The molecule has 8 heteroatoms. The lowest BCUT2D eigenvalue weighted by Crippen LogP contribution is -2.44. The summed E-state index contributed by atoms with van der Waals surface area (Å²) in [4.78, 5) is 21.0. The Bertz CT molecular complexity index is 900. The molecule has 0 spiro atoms. The highest BCUT2D eigenvalue weighted by molar-refractivity contribution is 7.97. The first-order chi connectivity index (χ1) is 12.7. The van der Waals surface area contributed by atoms with Crippen LogP contribution in [0.4, 0.5) is 5.69 Å². The molecule has 4 rings (SSSR count). The summed E-state index contributed by atoms with van der Waals surface area (Å²) in [6, 6.07) is 11.2. The number of fused-ring (bicyclic) bond motifs is 1. The predicted octanol–water partition coefficient (Wildman–Crippen LogP) is 3.56. The summed E-state index contributed by atoms with van der Waals surface area (Å²) in [6.07, 6.45) is 7.17. The molecule has 1 aromatic carbocycles. The molecule has 26 heavy (non-hydrogen) atoms. The fourth-order valence-corrected chi connectivity index (χ4v) is 3.93. The van der Waals surface area contributed by atoms with E-state index in [1.807, 2.05) is 45.5 Å². The summed E-state index contributed by atoms with van der Waals surface area (Å²) in [5.41, 5.74) is 1.65. The Morgan fingerprint density at radius 1 is 1.19 bits per heavy atom. The maximum atomic E-state index is 12.6. The third-order valence-electron chi connectivity index (χ3n) is 4.07. The van der Waals surface area contributed by atoms with Crippen LogP contribution in [-0.2, 0) is 6.54 Å². The molecule has 0 saturated carbocycles. The van der Waals surface area contributed by atoms with Crippen molar-refractivity contribution in [2.45, 2.75) is 11.6 Å². The van der Waals surface area contributed by atoms with Gasteiger partial charge in [0, 0.05) is 42.1 Å². The van der Waals surface area contributed by atoms with Crippen molar-refractivity contribution >= 4 is 35.0 Å². The van der Waals surface area contributed by atoms with Crippen LogP contribution in [0, 0.1) is 0 Å². The molecule has 132 valence electrons. The van der Waals surface area contributed by atoms with Gasteiger partial charge in [0.15, 0.2) is 5.78 Å². The monoisotopic (exact) mass is 385 g/mol. The van der Waals surface area contributed by atoms with E-state index in [0.717, 1.165) is 17.3 Å². The summed E-state index contributed by atoms with van der Waals surface area (Å²) in [7, 11) is 0. The minimum Gasteiger partial charge on any atom is -0.336 e. The molecule has 0 amide bonds. The number of benzene rings is 1. The number of hydrogen-bond acceptors (Lipinski definition) is 6. The number of rotatable bonds is 5. The summed E-state index contributed by atoms with van der Waals surface area (Å²) in [5, 5.41) is 3.49. The Balaban J connectivity index is 1.62. The molecule has 1 aliphatic rings. The van der Waals surface area contributed by atoms with Gasteiger partial charge in [-0.1, -0.05) is 11.6 Å². The van der Waals surface area contributed by atoms with Crippen molar-refractivity contribution in [2.24, 2.45) is 0 Å². The maximum absolute atomic E-state index is 12.6. The standard InChI is InChI=1S/C18H16ClN5OS/c19-14-3-5-15(6-4-14)23(11-10-22-9-8-20-13-22)24-12-17(25)16-2-1-7-21-18(16)26-24/h1-9,13H,10-12H2. The molecule has 0 unspecified atom stereocenters. The second-order valence-corrected chi connectivity index (χ2v) is 7.21. The van der Waals surface area contributed by atoms with Crippen LogP contribution in [0.15, 0.2) is 66.3 Å². The van der Waals surface area contributed by atoms with Crippen molar-refractivity contribution in [1.29, 1.82) is 0 Å². The van der Waals surface area contributed by atoms with Gasteiger partial charge in [-0.15, -0.1) is 4.41 Å². The van der Waals surface area contributed by atoms with Crippen molar-refractivity contribution in [3.05, 3.63) is 71.9 Å². The van der Waals surface area contributed by atoms with Gasteiger partial charge < -0.3 is 4.57 Å². The molecule has 0 saturated heterocycles. The molecule has 0 N–H and O–H groups in total. The number of halogens is 1. The first kappa shape index (κ1) is 17.1. The van der Waals surface area contributed by atoms with Crippen LogP contribution in [-0.4, -0.2) is 37.8 Å².